The average molecular weight is 450 g/mol. The Labute approximate surface area is 193 Å². The second kappa shape index (κ2) is 9.94. The van der Waals surface area contributed by atoms with Crippen molar-refractivity contribution in [3.05, 3.63) is 95.0 Å². The van der Waals surface area contributed by atoms with Gasteiger partial charge in [-0.2, -0.15) is 0 Å². The zero-order chi connectivity index (χ0) is 21.6. The molecule has 0 radical (unpaired) electrons. The fourth-order valence-corrected chi connectivity index (χ4v) is 4.45. The molecule has 1 fully saturated rings. The summed E-state index contributed by atoms with van der Waals surface area (Å²) in [5.74, 6) is -0.641. The third-order valence-electron chi connectivity index (χ3n) is 5.42. The number of benzene rings is 3. The van der Waals surface area contributed by atoms with Crippen LogP contribution < -0.4 is 15.5 Å². The van der Waals surface area contributed by atoms with Gasteiger partial charge in [-0.1, -0.05) is 72.3 Å². The van der Waals surface area contributed by atoms with E-state index in [1.807, 2.05) is 78.9 Å². The number of carbonyl (C=O) groups is 1. The molecule has 1 aliphatic heterocycles. The molecular formula is C25H24ClN3OS. The van der Waals surface area contributed by atoms with Gasteiger partial charge in [0.15, 0.2) is 5.11 Å². The first-order chi connectivity index (χ1) is 15.1. The van der Waals surface area contributed by atoms with E-state index in [4.69, 9.17) is 23.8 Å². The van der Waals surface area contributed by atoms with E-state index < -0.39 is 5.92 Å². The average Bonchev–Trinajstić information content (AvgIpc) is 3.30. The monoisotopic (exact) mass is 449 g/mol. The van der Waals surface area contributed by atoms with Crippen LogP contribution in [0.3, 0.4) is 0 Å². The van der Waals surface area contributed by atoms with Crippen molar-refractivity contribution in [1.29, 1.82) is 0 Å². The van der Waals surface area contributed by atoms with Gasteiger partial charge in [0.05, 0.1) is 16.6 Å². The molecule has 0 aliphatic carbocycles. The Kier molecular flexibility index (Phi) is 6.85. The lowest BCUT2D eigenvalue weighted by atomic mass is 9.90. The van der Waals surface area contributed by atoms with Crippen LogP contribution in [0.4, 0.5) is 11.4 Å². The molecule has 3 aromatic rings. The molecule has 0 spiro atoms. The van der Waals surface area contributed by atoms with Crippen LogP contribution in [0, 0.1) is 0 Å². The van der Waals surface area contributed by atoms with Crippen LogP contribution in [0.1, 0.15) is 29.9 Å². The van der Waals surface area contributed by atoms with Crippen molar-refractivity contribution in [2.45, 2.75) is 18.8 Å². The summed E-state index contributed by atoms with van der Waals surface area (Å²) >= 11 is 11.9. The number of carbonyl (C=O) groups excluding carboxylic acids is 1. The van der Waals surface area contributed by atoms with Gasteiger partial charge in [0.2, 0.25) is 5.91 Å². The minimum Gasteiger partial charge on any atom is -0.370 e. The van der Waals surface area contributed by atoms with E-state index in [0.29, 0.717) is 5.02 Å². The van der Waals surface area contributed by atoms with Crippen molar-refractivity contribution in [3.63, 3.8) is 0 Å². The predicted molar refractivity (Wildman–Crippen MR) is 132 cm³/mol. The molecule has 1 heterocycles. The summed E-state index contributed by atoms with van der Waals surface area (Å²) in [6.45, 7) is 2.06. The van der Waals surface area contributed by atoms with Gasteiger partial charge in [-0.15, -0.1) is 0 Å². The first-order valence-corrected chi connectivity index (χ1v) is 11.2. The normalized spacial score (nSPS) is 13.3. The lowest BCUT2D eigenvalue weighted by Gasteiger charge is -2.21. The molecule has 4 nitrogen and oxygen atoms in total. The first kappa shape index (κ1) is 21.3. The first-order valence-electron chi connectivity index (χ1n) is 10.4. The highest BCUT2D eigenvalue weighted by Crippen LogP contribution is 2.31. The topological polar surface area (TPSA) is 44.4 Å². The summed E-state index contributed by atoms with van der Waals surface area (Å²) < 4.78 is 0. The van der Waals surface area contributed by atoms with Crippen molar-refractivity contribution in [3.8, 4) is 0 Å². The van der Waals surface area contributed by atoms with Crippen LogP contribution in [0.15, 0.2) is 78.9 Å². The predicted octanol–water partition coefficient (Wildman–Crippen LogP) is 5.59. The molecule has 0 aromatic heterocycles. The standard InChI is InChI=1S/C25H24ClN3OS/c26-21-17-20(13-14-22(21)29-15-7-8-16-29)27-25(31)28-24(30)23(18-9-3-1-4-10-18)19-11-5-2-6-12-19/h1-6,9-14,17,23H,7-8,15-16H2,(H2,27,28,30,31). The van der Waals surface area contributed by atoms with Crippen molar-refractivity contribution in [2.75, 3.05) is 23.3 Å². The summed E-state index contributed by atoms with van der Waals surface area (Å²) in [5, 5.41) is 6.84. The Morgan fingerprint density at radius 3 is 2.03 bits per heavy atom. The van der Waals surface area contributed by atoms with Crippen molar-refractivity contribution in [1.82, 2.24) is 5.32 Å². The van der Waals surface area contributed by atoms with Gasteiger partial charge in [-0.3, -0.25) is 4.79 Å². The molecule has 2 N–H and O–H groups in total. The molecule has 1 amide bonds. The van der Waals surface area contributed by atoms with E-state index in [1.54, 1.807) is 0 Å². The summed E-state index contributed by atoms with van der Waals surface area (Å²) in [5.41, 5.74) is 3.60. The van der Waals surface area contributed by atoms with Crippen LogP contribution >= 0.6 is 23.8 Å². The number of thiocarbonyl (C=S) groups is 1. The van der Waals surface area contributed by atoms with Crippen LogP contribution in [0.25, 0.3) is 0 Å². The van der Waals surface area contributed by atoms with Gasteiger partial charge in [0.25, 0.3) is 0 Å². The van der Waals surface area contributed by atoms with Gasteiger partial charge >= 0.3 is 0 Å². The van der Waals surface area contributed by atoms with Crippen molar-refractivity contribution >= 4 is 46.2 Å². The second-order valence-electron chi connectivity index (χ2n) is 7.56. The molecule has 1 aliphatic rings. The highest BCUT2D eigenvalue weighted by atomic mass is 35.5. The van der Waals surface area contributed by atoms with Crippen LogP contribution in [-0.4, -0.2) is 24.1 Å². The zero-order valence-corrected chi connectivity index (χ0v) is 18.6. The molecule has 6 heteroatoms. The molecule has 0 bridgehead atoms. The number of nitrogens with zero attached hydrogens (tertiary/aromatic N) is 1. The molecule has 4 rings (SSSR count). The van der Waals surface area contributed by atoms with Crippen LogP contribution in [0.2, 0.25) is 5.02 Å². The molecular weight excluding hydrogens is 426 g/mol. The fraction of sp³-hybridized carbons (Fsp3) is 0.200. The third kappa shape index (κ3) is 5.24. The number of nitrogens with one attached hydrogen (secondary N) is 2. The highest BCUT2D eigenvalue weighted by molar-refractivity contribution is 7.80. The Hall–Kier alpha value is -2.89. The minimum atomic E-state index is -0.455. The molecule has 0 atom stereocenters. The van der Waals surface area contributed by atoms with E-state index in [-0.39, 0.29) is 11.0 Å². The van der Waals surface area contributed by atoms with Gasteiger partial charge in [-0.05, 0) is 54.4 Å². The number of rotatable bonds is 5. The SMILES string of the molecule is O=C(NC(=S)Nc1ccc(N2CCCC2)c(Cl)c1)C(c1ccccc1)c1ccccc1. The lowest BCUT2D eigenvalue weighted by Crippen LogP contribution is -2.37. The maximum absolute atomic E-state index is 13.2. The molecule has 158 valence electrons. The summed E-state index contributed by atoms with van der Waals surface area (Å²) in [7, 11) is 0. The van der Waals surface area contributed by atoms with E-state index in [1.165, 1.54) is 12.8 Å². The van der Waals surface area contributed by atoms with Gasteiger partial charge < -0.3 is 15.5 Å². The number of halogens is 1. The van der Waals surface area contributed by atoms with E-state index in [9.17, 15) is 4.79 Å². The summed E-state index contributed by atoms with van der Waals surface area (Å²) in [4.78, 5) is 15.5. The number of amides is 1. The maximum Gasteiger partial charge on any atom is 0.238 e. The van der Waals surface area contributed by atoms with Gasteiger partial charge in [0, 0.05) is 18.8 Å². The second-order valence-corrected chi connectivity index (χ2v) is 8.37. The largest absolute Gasteiger partial charge is 0.370 e. The van der Waals surface area contributed by atoms with Crippen LogP contribution in [0.5, 0.6) is 0 Å². The summed E-state index contributed by atoms with van der Waals surface area (Å²) in [6, 6.07) is 25.2. The van der Waals surface area contributed by atoms with Gasteiger partial charge in [0.1, 0.15) is 0 Å². The molecule has 0 unspecified atom stereocenters. The van der Waals surface area contributed by atoms with E-state index >= 15 is 0 Å². The van der Waals surface area contributed by atoms with Crippen LogP contribution in [-0.2, 0) is 4.79 Å². The fourth-order valence-electron chi connectivity index (χ4n) is 3.93. The Morgan fingerprint density at radius 1 is 0.903 bits per heavy atom. The highest BCUT2D eigenvalue weighted by Gasteiger charge is 2.23. The smallest absolute Gasteiger partial charge is 0.238 e. The lowest BCUT2D eigenvalue weighted by molar-refractivity contribution is -0.120. The number of hydrogen-bond donors (Lipinski definition) is 2. The molecule has 3 aromatic carbocycles. The van der Waals surface area contributed by atoms with E-state index in [0.717, 1.165) is 35.6 Å². The molecule has 31 heavy (non-hydrogen) atoms. The number of anilines is 2. The van der Waals surface area contributed by atoms with E-state index in [2.05, 4.69) is 15.5 Å². The molecule has 1 saturated heterocycles. The maximum atomic E-state index is 13.2. The van der Waals surface area contributed by atoms with Gasteiger partial charge in [-0.25, -0.2) is 0 Å². The Morgan fingerprint density at radius 2 is 1.48 bits per heavy atom. The zero-order valence-electron chi connectivity index (χ0n) is 17.1. The Bertz CT molecular complexity index is 1010. The third-order valence-corrected chi connectivity index (χ3v) is 5.92. The van der Waals surface area contributed by atoms with Crippen molar-refractivity contribution < 1.29 is 4.79 Å². The quantitative estimate of drug-likeness (QED) is 0.498. The minimum absolute atomic E-state index is 0.185. The summed E-state index contributed by atoms with van der Waals surface area (Å²) in [6.07, 6.45) is 2.38. The van der Waals surface area contributed by atoms with Crippen molar-refractivity contribution in [2.24, 2.45) is 0 Å². The Balaban J connectivity index is 1.46. The number of hydrogen-bond acceptors (Lipinski definition) is 3. The molecule has 0 saturated carbocycles.